The van der Waals surface area contributed by atoms with Crippen LogP contribution in [0.15, 0.2) is 36.5 Å². The van der Waals surface area contributed by atoms with Crippen molar-refractivity contribution < 1.29 is 13.2 Å². The van der Waals surface area contributed by atoms with E-state index in [2.05, 4.69) is 15.6 Å². The summed E-state index contributed by atoms with van der Waals surface area (Å²) in [5.41, 5.74) is -0.00718. The normalized spacial score (nSPS) is 10.8. The average molecular weight is 292 g/mol. The predicted molar refractivity (Wildman–Crippen MR) is 73.2 cm³/mol. The van der Waals surface area contributed by atoms with Gasteiger partial charge < -0.3 is 10.6 Å². The molecule has 0 saturated carbocycles. The molecule has 0 fully saturated rings. The molecule has 2 rings (SSSR count). The maximum Gasteiger partial charge on any atom is 0.416 e. The highest BCUT2D eigenvalue weighted by Gasteiger charge is 2.31. The zero-order valence-electron chi connectivity index (χ0n) is 11.0. The van der Waals surface area contributed by atoms with Gasteiger partial charge in [-0.05, 0) is 24.3 Å². The zero-order valence-corrected chi connectivity index (χ0v) is 11.0. The summed E-state index contributed by atoms with van der Waals surface area (Å²) in [5, 5.41) is 14.8. The van der Waals surface area contributed by atoms with Gasteiger partial charge in [-0.15, -0.1) is 0 Å². The highest BCUT2D eigenvalue weighted by atomic mass is 19.4. The lowest BCUT2D eigenvalue weighted by Crippen LogP contribution is -2.06. The summed E-state index contributed by atoms with van der Waals surface area (Å²) in [7, 11) is 1.70. The van der Waals surface area contributed by atoms with Crippen LogP contribution in [0.5, 0.6) is 0 Å². The Kier molecular flexibility index (Phi) is 3.98. The maximum absolute atomic E-state index is 12.6. The first-order valence-electron chi connectivity index (χ1n) is 5.96. The molecular formula is C14H11F3N4. The SMILES string of the molecule is CNc1cc(Nc2ccc(C(F)(F)F)cc2C#N)ccn1. The first-order chi connectivity index (χ1) is 9.94. The van der Waals surface area contributed by atoms with Crippen LogP contribution < -0.4 is 10.6 Å². The third-order valence-electron chi connectivity index (χ3n) is 2.76. The highest BCUT2D eigenvalue weighted by molar-refractivity contribution is 5.68. The minimum atomic E-state index is -4.47. The molecule has 0 aliphatic rings. The molecule has 1 heterocycles. The number of pyridine rings is 1. The average Bonchev–Trinajstić information content (AvgIpc) is 2.46. The van der Waals surface area contributed by atoms with E-state index in [0.29, 0.717) is 17.2 Å². The molecule has 0 aliphatic carbocycles. The Balaban J connectivity index is 2.34. The Hall–Kier alpha value is -2.75. The lowest BCUT2D eigenvalue weighted by atomic mass is 10.1. The van der Waals surface area contributed by atoms with Gasteiger partial charge in [-0.1, -0.05) is 0 Å². The molecule has 1 aromatic carbocycles. The molecule has 0 radical (unpaired) electrons. The van der Waals surface area contributed by atoms with Crippen molar-refractivity contribution in [2.24, 2.45) is 0 Å². The van der Waals surface area contributed by atoms with Crippen LogP contribution in [0.1, 0.15) is 11.1 Å². The first-order valence-corrected chi connectivity index (χ1v) is 5.96. The Morgan fingerprint density at radius 2 is 1.95 bits per heavy atom. The van der Waals surface area contributed by atoms with Crippen molar-refractivity contribution in [1.82, 2.24) is 4.98 Å². The number of anilines is 3. The molecule has 0 saturated heterocycles. The molecule has 1 aromatic heterocycles. The Bertz CT molecular complexity index is 689. The van der Waals surface area contributed by atoms with Crippen molar-refractivity contribution in [3.8, 4) is 6.07 Å². The summed E-state index contributed by atoms with van der Waals surface area (Å²) < 4.78 is 37.8. The predicted octanol–water partition coefficient (Wildman–Crippen LogP) is 3.76. The summed E-state index contributed by atoms with van der Waals surface area (Å²) in [6, 6.07) is 8.09. The van der Waals surface area contributed by atoms with Crippen molar-refractivity contribution in [1.29, 1.82) is 5.26 Å². The molecule has 2 aromatic rings. The van der Waals surface area contributed by atoms with Gasteiger partial charge in [0.15, 0.2) is 0 Å². The number of rotatable bonds is 3. The van der Waals surface area contributed by atoms with Crippen LogP contribution >= 0.6 is 0 Å². The van der Waals surface area contributed by atoms with Gasteiger partial charge in [-0.2, -0.15) is 18.4 Å². The molecule has 2 N–H and O–H groups in total. The largest absolute Gasteiger partial charge is 0.416 e. The topological polar surface area (TPSA) is 60.7 Å². The Morgan fingerprint density at radius 3 is 2.57 bits per heavy atom. The minimum absolute atomic E-state index is 0.0763. The van der Waals surface area contributed by atoms with Crippen LogP contribution in [0.4, 0.5) is 30.4 Å². The van der Waals surface area contributed by atoms with E-state index >= 15 is 0 Å². The number of hydrogen-bond donors (Lipinski definition) is 2. The van der Waals surface area contributed by atoms with Crippen LogP contribution in [0.25, 0.3) is 0 Å². The quantitative estimate of drug-likeness (QED) is 0.904. The van der Waals surface area contributed by atoms with Crippen molar-refractivity contribution >= 4 is 17.2 Å². The van der Waals surface area contributed by atoms with E-state index in [9.17, 15) is 13.2 Å². The van der Waals surface area contributed by atoms with Gasteiger partial charge in [0, 0.05) is 25.0 Å². The molecule has 0 bridgehead atoms. The van der Waals surface area contributed by atoms with Crippen LogP contribution in [-0.2, 0) is 6.18 Å². The van der Waals surface area contributed by atoms with Gasteiger partial charge in [-0.25, -0.2) is 4.98 Å². The molecule has 0 aliphatic heterocycles. The number of hydrogen-bond acceptors (Lipinski definition) is 4. The van der Waals surface area contributed by atoms with Gasteiger partial charge in [0.25, 0.3) is 0 Å². The lowest BCUT2D eigenvalue weighted by Gasteiger charge is -2.12. The van der Waals surface area contributed by atoms with Crippen molar-refractivity contribution in [2.75, 3.05) is 17.7 Å². The second-order valence-electron chi connectivity index (χ2n) is 4.17. The summed E-state index contributed by atoms with van der Waals surface area (Å²) in [6.45, 7) is 0. The van der Waals surface area contributed by atoms with Crippen LogP contribution in [0.3, 0.4) is 0 Å². The molecule has 0 atom stereocenters. The van der Waals surface area contributed by atoms with Crippen molar-refractivity contribution in [2.45, 2.75) is 6.18 Å². The fraction of sp³-hybridized carbons (Fsp3) is 0.143. The third-order valence-corrected chi connectivity index (χ3v) is 2.76. The second-order valence-corrected chi connectivity index (χ2v) is 4.17. The summed E-state index contributed by atoms with van der Waals surface area (Å²) in [6.07, 6.45) is -2.93. The summed E-state index contributed by atoms with van der Waals surface area (Å²) in [4.78, 5) is 4.02. The first kappa shape index (κ1) is 14.7. The maximum atomic E-state index is 12.6. The van der Waals surface area contributed by atoms with E-state index in [-0.39, 0.29) is 5.56 Å². The number of benzene rings is 1. The van der Waals surface area contributed by atoms with Gasteiger partial charge in [-0.3, -0.25) is 0 Å². The molecule has 4 nitrogen and oxygen atoms in total. The molecule has 7 heteroatoms. The second kappa shape index (κ2) is 5.71. The number of nitriles is 1. The Labute approximate surface area is 119 Å². The molecule has 21 heavy (non-hydrogen) atoms. The van der Waals surface area contributed by atoms with E-state index in [1.807, 2.05) is 0 Å². The van der Waals surface area contributed by atoms with E-state index in [1.54, 1.807) is 31.4 Å². The van der Waals surface area contributed by atoms with E-state index < -0.39 is 11.7 Å². The molecule has 0 unspecified atom stereocenters. The van der Waals surface area contributed by atoms with Gasteiger partial charge >= 0.3 is 6.18 Å². The van der Waals surface area contributed by atoms with Gasteiger partial charge in [0.2, 0.25) is 0 Å². The molecule has 108 valence electrons. The number of nitrogens with zero attached hydrogens (tertiary/aromatic N) is 2. The fourth-order valence-electron chi connectivity index (χ4n) is 1.72. The minimum Gasteiger partial charge on any atom is -0.373 e. The monoisotopic (exact) mass is 292 g/mol. The number of halogens is 3. The fourth-order valence-corrected chi connectivity index (χ4v) is 1.72. The number of nitrogens with one attached hydrogen (secondary N) is 2. The highest BCUT2D eigenvalue weighted by Crippen LogP contribution is 2.32. The van der Waals surface area contributed by atoms with Gasteiger partial charge in [0.05, 0.1) is 16.8 Å². The lowest BCUT2D eigenvalue weighted by molar-refractivity contribution is -0.137. The van der Waals surface area contributed by atoms with E-state index in [0.717, 1.165) is 12.1 Å². The summed E-state index contributed by atoms with van der Waals surface area (Å²) >= 11 is 0. The van der Waals surface area contributed by atoms with Crippen molar-refractivity contribution in [3.05, 3.63) is 47.7 Å². The number of alkyl halides is 3. The van der Waals surface area contributed by atoms with E-state index in [1.165, 1.54) is 6.07 Å². The molecule has 0 spiro atoms. The smallest absolute Gasteiger partial charge is 0.373 e. The van der Waals surface area contributed by atoms with Crippen LogP contribution in [0, 0.1) is 11.3 Å². The Morgan fingerprint density at radius 1 is 1.19 bits per heavy atom. The van der Waals surface area contributed by atoms with Crippen LogP contribution in [0.2, 0.25) is 0 Å². The standard InChI is InChI=1S/C14H11F3N4/c1-19-13-7-11(4-5-20-13)21-12-3-2-10(14(15,16)17)6-9(12)8-18/h2-7H,1H3,(H2,19,20,21). The number of aromatic nitrogens is 1. The van der Waals surface area contributed by atoms with E-state index in [4.69, 9.17) is 5.26 Å². The molecular weight excluding hydrogens is 281 g/mol. The van der Waals surface area contributed by atoms with Crippen LogP contribution in [-0.4, -0.2) is 12.0 Å². The van der Waals surface area contributed by atoms with Crippen molar-refractivity contribution in [3.63, 3.8) is 0 Å². The third kappa shape index (κ3) is 3.42. The zero-order chi connectivity index (χ0) is 15.5. The molecule has 0 amide bonds. The summed E-state index contributed by atoms with van der Waals surface area (Å²) in [5.74, 6) is 0.602. The van der Waals surface area contributed by atoms with Gasteiger partial charge in [0.1, 0.15) is 11.9 Å².